The molecule has 10 nitrogen and oxygen atoms in total. The minimum absolute atomic E-state index is 0.0364. The van der Waals surface area contributed by atoms with Crippen molar-refractivity contribution < 1.29 is 33.6 Å². The molecule has 0 aliphatic carbocycles. The number of nitrogens with zero attached hydrogens (tertiary/aromatic N) is 2. The predicted molar refractivity (Wildman–Crippen MR) is 167 cm³/mol. The molecular formula is C34H47N3O7. The zero-order valence-electron chi connectivity index (χ0n) is 26.4. The third-order valence-corrected chi connectivity index (χ3v) is 9.03. The number of unbranched alkanes of at least 4 members (excludes halogenated alkanes) is 1. The maximum atomic E-state index is 14.2. The Morgan fingerprint density at radius 2 is 1.84 bits per heavy atom. The van der Waals surface area contributed by atoms with Crippen molar-refractivity contribution in [3.8, 4) is 11.5 Å². The number of amides is 1. The maximum Gasteiger partial charge on any atom is 0.308 e. The molecule has 5 rings (SSSR count). The molecular weight excluding hydrogens is 562 g/mol. The summed E-state index contributed by atoms with van der Waals surface area (Å²) in [5.41, 5.74) is 2.38. The van der Waals surface area contributed by atoms with Gasteiger partial charge in [-0.15, -0.1) is 0 Å². The van der Waals surface area contributed by atoms with Gasteiger partial charge in [0.05, 0.1) is 25.7 Å². The maximum absolute atomic E-state index is 14.2. The fourth-order valence-electron chi connectivity index (χ4n) is 6.75. The number of aliphatic carboxylic acids is 1. The Bertz CT molecular complexity index is 1300. The van der Waals surface area contributed by atoms with Crippen LogP contribution >= 0.6 is 0 Å². The summed E-state index contributed by atoms with van der Waals surface area (Å²) in [6.45, 7) is 12.2. The number of hydrogen-bond donors (Lipinski definition) is 2. The highest BCUT2D eigenvalue weighted by Gasteiger charge is 2.50. The molecule has 0 saturated carbocycles. The van der Waals surface area contributed by atoms with E-state index in [0.29, 0.717) is 44.2 Å². The Hall–Kier alpha value is -3.18. The third-order valence-electron chi connectivity index (χ3n) is 9.03. The number of carbonyl (C=O) groups excluding carboxylic acids is 1. The van der Waals surface area contributed by atoms with Crippen LogP contribution in [0.25, 0.3) is 0 Å². The van der Waals surface area contributed by atoms with Gasteiger partial charge in [0.25, 0.3) is 0 Å². The molecule has 1 amide bonds. The molecule has 0 spiro atoms. The van der Waals surface area contributed by atoms with Gasteiger partial charge in [-0.2, -0.15) is 0 Å². The second-order valence-electron chi connectivity index (χ2n) is 12.7. The Balaban J connectivity index is 1.45. The van der Waals surface area contributed by atoms with Crippen LogP contribution in [0.2, 0.25) is 0 Å². The van der Waals surface area contributed by atoms with E-state index in [1.807, 2.05) is 35.2 Å². The SMILES string of the molecule is CCCCN(C(=O)CN1C[C@H](c2ccc3c(c2)OCO3)[C@@H](C(=O)O)[C@@H]1CC(C)(C)C1OCCO1)c1cccc(CNCC)c1. The van der Waals surface area contributed by atoms with Gasteiger partial charge in [-0.3, -0.25) is 14.5 Å². The molecule has 2 aromatic rings. The van der Waals surface area contributed by atoms with Crippen molar-refractivity contribution in [3.63, 3.8) is 0 Å². The number of nitrogens with one attached hydrogen (secondary N) is 1. The number of benzene rings is 2. The fraction of sp³-hybridized carbons (Fsp3) is 0.588. The van der Waals surface area contributed by atoms with Crippen LogP contribution in [-0.4, -0.2) is 80.4 Å². The van der Waals surface area contributed by atoms with Gasteiger partial charge >= 0.3 is 5.97 Å². The van der Waals surface area contributed by atoms with Gasteiger partial charge in [0.15, 0.2) is 17.8 Å². The number of carbonyl (C=O) groups is 2. The molecule has 240 valence electrons. The van der Waals surface area contributed by atoms with Gasteiger partial charge in [0.2, 0.25) is 12.7 Å². The molecule has 0 aromatic heterocycles. The first-order chi connectivity index (χ1) is 21.2. The van der Waals surface area contributed by atoms with Crippen molar-refractivity contribution in [1.29, 1.82) is 0 Å². The molecule has 2 fully saturated rings. The summed E-state index contributed by atoms with van der Waals surface area (Å²) in [6, 6.07) is 13.4. The molecule has 10 heteroatoms. The Morgan fingerprint density at radius 3 is 2.57 bits per heavy atom. The average molecular weight is 610 g/mol. The molecule has 0 bridgehead atoms. The van der Waals surface area contributed by atoms with Crippen LogP contribution in [0.1, 0.15) is 64.0 Å². The standard InChI is InChI=1S/C34H47N3O7/c1-5-7-13-37(25-10-8-9-23(16-25)19-35-6-2)30(38)21-36-20-26(24-11-12-28-29(17-24)44-22-43-28)31(32(39)40)27(36)18-34(3,4)33-41-14-15-42-33/h8-12,16-17,26-27,31,33,35H,5-7,13-15,18-22H2,1-4H3,(H,39,40)/t26-,27+,31-/m1/s1. The van der Waals surface area contributed by atoms with E-state index in [9.17, 15) is 14.7 Å². The van der Waals surface area contributed by atoms with Crippen molar-refractivity contribution in [1.82, 2.24) is 10.2 Å². The minimum Gasteiger partial charge on any atom is -0.481 e. The van der Waals surface area contributed by atoms with Gasteiger partial charge in [-0.25, -0.2) is 0 Å². The van der Waals surface area contributed by atoms with Gasteiger partial charge in [0, 0.05) is 42.7 Å². The van der Waals surface area contributed by atoms with E-state index in [1.54, 1.807) is 0 Å². The Kier molecular flexibility index (Phi) is 10.5. The van der Waals surface area contributed by atoms with Crippen molar-refractivity contribution in [2.24, 2.45) is 11.3 Å². The topological polar surface area (TPSA) is 110 Å². The summed E-state index contributed by atoms with van der Waals surface area (Å²) in [4.78, 5) is 31.2. The first kappa shape index (κ1) is 32.2. The predicted octanol–water partition coefficient (Wildman–Crippen LogP) is 4.62. The Morgan fingerprint density at radius 1 is 1.07 bits per heavy atom. The second kappa shape index (κ2) is 14.3. The van der Waals surface area contributed by atoms with Crippen LogP contribution in [0.5, 0.6) is 11.5 Å². The smallest absolute Gasteiger partial charge is 0.308 e. The summed E-state index contributed by atoms with van der Waals surface area (Å²) in [5, 5.41) is 14.0. The number of anilines is 1. The molecule has 2 saturated heterocycles. The van der Waals surface area contributed by atoms with Crippen LogP contribution in [0.15, 0.2) is 42.5 Å². The molecule has 3 heterocycles. The molecule has 3 aliphatic rings. The van der Waals surface area contributed by atoms with E-state index >= 15 is 0 Å². The molecule has 3 aliphatic heterocycles. The van der Waals surface area contributed by atoms with Gasteiger partial charge in [-0.1, -0.05) is 52.3 Å². The molecule has 0 unspecified atom stereocenters. The lowest BCUT2D eigenvalue weighted by atomic mass is 9.77. The quantitative estimate of drug-likeness (QED) is 0.317. The fourth-order valence-corrected chi connectivity index (χ4v) is 6.75. The number of carboxylic acid groups (broad SMARTS) is 1. The lowest BCUT2D eigenvalue weighted by Crippen LogP contribution is -2.47. The van der Waals surface area contributed by atoms with Gasteiger partial charge < -0.3 is 34.3 Å². The van der Waals surface area contributed by atoms with E-state index in [1.165, 1.54) is 0 Å². The van der Waals surface area contributed by atoms with Gasteiger partial charge in [0.1, 0.15) is 0 Å². The number of fused-ring (bicyclic) bond motifs is 1. The van der Waals surface area contributed by atoms with Crippen molar-refractivity contribution in [2.45, 2.75) is 71.8 Å². The molecule has 44 heavy (non-hydrogen) atoms. The van der Waals surface area contributed by atoms with E-state index in [4.69, 9.17) is 18.9 Å². The van der Waals surface area contributed by atoms with Crippen LogP contribution in [0.4, 0.5) is 5.69 Å². The average Bonchev–Trinajstić information content (AvgIpc) is 3.77. The lowest BCUT2D eigenvalue weighted by Gasteiger charge is -2.37. The van der Waals surface area contributed by atoms with Crippen molar-refractivity contribution in [3.05, 3.63) is 53.6 Å². The Labute approximate surface area is 260 Å². The number of likely N-dealkylation sites (tertiary alicyclic amines) is 1. The molecule has 2 aromatic carbocycles. The number of hydrogen-bond acceptors (Lipinski definition) is 8. The minimum atomic E-state index is -0.879. The normalized spacial score (nSPS) is 22.0. The number of ether oxygens (including phenoxy) is 4. The summed E-state index contributed by atoms with van der Waals surface area (Å²) < 4.78 is 22.9. The summed E-state index contributed by atoms with van der Waals surface area (Å²) >= 11 is 0. The largest absolute Gasteiger partial charge is 0.481 e. The van der Waals surface area contributed by atoms with Crippen LogP contribution in [0, 0.1) is 11.3 Å². The molecule has 3 atom stereocenters. The number of rotatable bonds is 14. The van der Waals surface area contributed by atoms with Crippen LogP contribution in [0.3, 0.4) is 0 Å². The van der Waals surface area contributed by atoms with Crippen molar-refractivity contribution >= 4 is 17.6 Å². The van der Waals surface area contributed by atoms with Crippen LogP contribution in [-0.2, 0) is 25.6 Å². The zero-order chi connectivity index (χ0) is 31.3. The van der Waals surface area contributed by atoms with E-state index in [2.05, 4.69) is 50.0 Å². The van der Waals surface area contributed by atoms with Crippen molar-refractivity contribution in [2.75, 3.05) is 51.1 Å². The van der Waals surface area contributed by atoms with Crippen LogP contribution < -0.4 is 19.7 Å². The first-order valence-electron chi connectivity index (χ1n) is 15.9. The summed E-state index contributed by atoms with van der Waals surface area (Å²) in [7, 11) is 0. The first-order valence-corrected chi connectivity index (χ1v) is 15.9. The molecule has 0 radical (unpaired) electrons. The highest BCUT2D eigenvalue weighted by Crippen LogP contribution is 2.46. The zero-order valence-corrected chi connectivity index (χ0v) is 26.4. The van der Waals surface area contributed by atoms with E-state index in [-0.39, 0.29) is 25.2 Å². The number of carboxylic acids is 1. The highest BCUT2D eigenvalue weighted by molar-refractivity contribution is 5.95. The summed E-state index contributed by atoms with van der Waals surface area (Å²) in [6.07, 6.45) is 1.89. The van der Waals surface area contributed by atoms with Gasteiger partial charge in [-0.05, 0) is 54.8 Å². The second-order valence-corrected chi connectivity index (χ2v) is 12.7. The monoisotopic (exact) mass is 609 g/mol. The lowest BCUT2D eigenvalue weighted by molar-refractivity contribution is -0.147. The van der Waals surface area contributed by atoms with E-state index in [0.717, 1.165) is 42.7 Å². The molecule has 2 N–H and O–H groups in total. The highest BCUT2D eigenvalue weighted by atomic mass is 16.7. The van der Waals surface area contributed by atoms with E-state index < -0.39 is 29.6 Å². The summed E-state index contributed by atoms with van der Waals surface area (Å²) in [5.74, 6) is -0.720. The third kappa shape index (κ3) is 7.20.